The van der Waals surface area contributed by atoms with Crippen LogP contribution >= 0.6 is 0 Å². The molecular formula is C27H17NO6. The SMILES string of the molecule is O=C(Nc1cccc2c1C(=O)OC21c2ccc(O)cc2Oc2cc(O)ccc21)c1ccccc1. The molecule has 1 spiro atoms. The Balaban J connectivity index is 1.56. The third-order valence-electron chi connectivity index (χ3n) is 6.09. The van der Waals surface area contributed by atoms with Crippen LogP contribution in [0.5, 0.6) is 23.0 Å². The van der Waals surface area contributed by atoms with E-state index in [0.717, 1.165) is 0 Å². The number of nitrogens with one attached hydrogen (secondary N) is 1. The highest BCUT2D eigenvalue weighted by Gasteiger charge is 2.54. The number of ether oxygens (including phenoxy) is 2. The van der Waals surface area contributed by atoms with Gasteiger partial charge in [-0.3, -0.25) is 4.79 Å². The Morgan fingerprint density at radius 2 is 1.41 bits per heavy atom. The summed E-state index contributed by atoms with van der Waals surface area (Å²) in [6.07, 6.45) is 0. The van der Waals surface area contributed by atoms with Gasteiger partial charge in [0.15, 0.2) is 5.60 Å². The molecule has 2 aliphatic heterocycles. The minimum Gasteiger partial charge on any atom is -0.508 e. The molecule has 2 aliphatic rings. The number of aromatic hydroxyl groups is 2. The smallest absolute Gasteiger partial charge is 0.342 e. The molecule has 166 valence electrons. The van der Waals surface area contributed by atoms with Gasteiger partial charge in [0.25, 0.3) is 5.91 Å². The fourth-order valence-electron chi connectivity index (χ4n) is 4.64. The molecule has 7 heteroatoms. The van der Waals surface area contributed by atoms with Crippen molar-refractivity contribution in [2.75, 3.05) is 5.32 Å². The van der Waals surface area contributed by atoms with Gasteiger partial charge < -0.3 is 25.0 Å². The van der Waals surface area contributed by atoms with Gasteiger partial charge in [0, 0.05) is 34.4 Å². The van der Waals surface area contributed by atoms with E-state index in [-0.39, 0.29) is 34.5 Å². The molecule has 0 unspecified atom stereocenters. The van der Waals surface area contributed by atoms with Crippen LogP contribution in [0.2, 0.25) is 0 Å². The zero-order chi connectivity index (χ0) is 23.4. The number of hydrogen-bond acceptors (Lipinski definition) is 6. The molecule has 2 heterocycles. The van der Waals surface area contributed by atoms with E-state index in [1.807, 2.05) is 6.07 Å². The maximum absolute atomic E-state index is 13.3. The highest BCUT2D eigenvalue weighted by atomic mass is 16.6. The summed E-state index contributed by atoms with van der Waals surface area (Å²) in [7, 11) is 0. The van der Waals surface area contributed by atoms with Crippen molar-refractivity contribution in [3.05, 3.63) is 113 Å². The monoisotopic (exact) mass is 451 g/mol. The normalized spacial score (nSPS) is 14.4. The lowest BCUT2D eigenvalue weighted by atomic mass is 9.77. The van der Waals surface area contributed by atoms with E-state index in [0.29, 0.717) is 27.9 Å². The lowest BCUT2D eigenvalue weighted by Crippen LogP contribution is -2.32. The Labute approximate surface area is 193 Å². The summed E-state index contributed by atoms with van der Waals surface area (Å²) in [6, 6.07) is 22.9. The minimum absolute atomic E-state index is 0.0223. The van der Waals surface area contributed by atoms with Crippen molar-refractivity contribution in [1.29, 1.82) is 0 Å². The third kappa shape index (κ3) is 2.77. The second-order valence-electron chi connectivity index (χ2n) is 8.08. The maximum Gasteiger partial charge on any atom is 0.342 e. The molecule has 6 rings (SSSR count). The molecule has 3 N–H and O–H groups in total. The van der Waals surface area contributed by atoms with Gasteiger partial charge in [-0.15, -0.1) is 0 Å². The topological polar surface area (TPSA) is 105 Å². The molecule has 0 fully saturated rings. The van der Waals surface area contributed by atoms with Gasteiger partial charge in [0.1, 0.15) is 23.0 Å². The Hall–Kier alpha value is -4.78. The Morgan fingerprint density at radius 3 is 2.06 bits per heavy atom. The first-order valence-electron chi connectivity index (χ1n) is 10.6. The largest absolute Gasteiger partial charge is 0.508 e. The average molecular weight is 451 g/mol. The molecule has 0 radical (unpaired) electrons. The fourth-order valence-corrected chi connectivity index (χ4v) is 4.64. The van der Waals surface area contributed by atoms with Gasteiger partial charge in [0.2, 0.25) is 0 Å². The molecule has 0 saturated heterocycles. The van der Waals surface area contributed by atoms with E-state index in [9.17, 15) is 19.8 Å². The van der Waals surface area contributed by atoms with Crippen LogP contribution in [0.4, 0.5) is 5.69 Å². The van der Waals surface area contributed by atoms with Crippen molar-refractivity contribution in [3.8, 4) is 23.0 Å². The molecular weight excluding hydrogens is 434 g/mol. The summed E-state index contributed by atoms with van der Waals surface area (Å²) < 4.78 is 12.0. The van der Waals surface area contributed by atoms with Crippen LogP contribution in [-0.2, 0) is 10.3 Å². The van der Waals surface area contributed by atoms with E-state index in [1.165, 1.54) is 24.3 Å². The van der Waals surface area contributed by atoms with Gasteiger partial charge >= 0.3 is 5.97 Å². The van der Waals surface area contributed by atoms with Crippen LogP contribution in [0.25, 0.3) is 0 Å². The van der Waals surface area contributed by atoms with Crippen LogP contribution in [0.15, 0.2) is 84.9 Å². The Kier molecular flexibility index (Phi) is 4.16. The second kappa shape index (κ2) is 7.11. The van der Waals surface area contributed by atoms with E-state index in [2.05, 4.69) is 5.32 Å². The zero-order valence-electron chi connectivity index (χ0n) is 17.6. The number of anilines is 1. The molecule has 4 aromatic rings. The number of phenolic OH excluding ortho intramolecular Hbond substituents is 2. The van der Waals surface area contributed by atoms with Crippen LogP contribution in [0.1, 0.15) is 37.4 Å². The van der Waals surface area contributed by atoms with Crippen molar-refractivity contribution in [3.63, 3.8) is 0 Å². The highest BCUT2D eigenvalue weighted by molar-refractivity contribution is 6.10. The number of carbonyl (C=O) groups is 2. The summed E-state index contributed by atoms with van der Waals surface area (Å²) in [5.74, 6) is -0.434. The molecule has 7 nitrogen and oxygen atoms in total. The maximum atomic E-state index is 13.3. The lowest BCUT2D eigenvalue weighted by Gasteiger charge is -2.36. The predicted octanol–water partition coefficient (Wildman–Crippen LogP) is 4.92. The van der Waals surface area contributed by atoms with E-state index < -0.39 is 11.6 Å². The van der Waals surface area contributed by atoms with Crippen molar-refractivity contribution in [2.45, 2.75) is 5.60 Å². The number of phenols is 2. The quantitative estimate of drug-likeness (QED) is 0.374. The Morgan fingerprint density at radius 1 is 0.765 bits per heavy atom. The molecule has 0 bridgehead atoms. The predicted molar refractivity (Wildman–Crippen MR) is 122 cm³/mol. The number of fused-ring (bicyclic) bond motifs is 6. The molecule has 4 aromatic carbocycles. The van der Waals surface area contributed by atoms with Gasteiger partial charge in [0.05, 0.1) is 11.3 Å². The van der Waals surface area contributed by atoms with Gasteiger partial charge in [-0.2, -0.15) is 0 Å². The summed E-state index contributed by atoms with van der Waals surface area (Å²) in [6.45, 7) is 0. The molecule has 0 atom stereocenters. The number of hydrogen-bond donors (Lipinski definition) is 3. The lowest BCUT2D eigenvalue weighted by molar-refractivity contribution is 0.0224. The average Bonchev–Trinajstić information content (AvgIpc) is 3.13. The fraction of sp³-hybridized carbons (Fsp3) is 0.0370. The van der Waals surface area contributed by atoms with Crippen molar-refractivity contribution in [1.82, 2.24) is 0 Å². The number of carbonyl (C=O) groups excluding carboxylic acids is 2. The molecule has 0 aliphatic carbocycles. The van der Waals surface area contributed by atoms with Crippen LogP contribution < -0.4 is 10.1 Å². The van der Waals surface area contributed by atoms with Crippen molar-refractivity contribution >= 4 is 17.6 Å². The van der Waals surface area contributed by atoms with Crippen LogP contribution in [-0.4, -0.2) is 22.1 Å². The van der Waals surface area contributed by atoms with Gasteiger partial charge in [-0.05, 0) is 42.5 Å². The van der Waals surface area contributed by atoms with E-state index in [1.54, 1.807) is 54.6 Å². The molecule has 0 saturated carbocycles. The second-order valence-corrected chi connectivity index (χ2v) is 8.08. The summed E-state index contributed by atoms with van der Waals surface area (Å²) in [5, 5.41) is 22.9. The first-order valence-corrected chi connectivity index (χ1v) is 10.6. The summed E-state index contributed by atoms with van der Waals surface area (Å²) in [4.78, 5) is 26.1. The first kappa shape index (κ1) is 19.9. The van der Waals surface area contributed by atoms with Crippen LogP contribution in [0, 0.1) is 0 Å². The third-order valence-corrected chi connectivity index (χ3v) is 6.09. The van der Waals surface area contributed by atoms with Crippen molar-refractivity contribution < 1.29 is 29.3 Å². The number of benzene rings is 4. The minimum atomic E-state index is -1.38. The zero-order valence-corrected chi connectivity index (χ0v) is 17.6. The number of amides is 1. The molecule has 1 amide bonds. The number of rotatable bonds is 2. The summed E-state index contributed by atoms with van der Waals surface area (Å²) in [5.41, 5.74) is 1.17. The van der Waals surface area contributed by atoms with Crippen molar-refractivity contribution in [2.24, 2.45) is 0 Å². The molecule has 0 aromatic heterocycles. The van der Waals surface area contributed by atoms with E-state index >= 15 is 0 Å². The van der Waals surface area contributed by atoms with Crippen LogP contribution in [0.3, 0.4) is 0 Å². The molecule has 34 heavy (non-hydrogen) atoms. The Bertz CT molecular complexity index is 1440. The number of esters is 1. The summed E-state index contributed by atoms with van der Waals surface area (Å²) >= 11 is 0. The van der Waals surface area contributed by atoms with Gasteiger partial charge in [-0.25, -0.2) is 4.79 Å². The standard InChI is InChI=1S/C27H17NO6/c29-16-9-11-18-22(13-16)33-23-14-17(30)10-12-19(23)27(18)20-7-4-8-21(24(20)26(32)34-27)28-25(31)15-5-2-1-3-6-15/h1-14,29-30H,(H,28,31). The van der Waals surface area contributed by atoms with Gasteiger partial charge in [-0.1, -0.05) is 30.3 Å². The van der Waals surface area contributed by atoms with E-state index in [4.69, 9.17) is 9.47 Å². The first-order chi connectivity index (χ1) is 16.5. The highest BCUT2D eigenvalue weighted by Crippen LogP contribution is 2.57.